The first-order valence-electron chi connectivity index (χ1n) is 5.67. The van der Waals surface area contributed by atoms with Gasteiger partial charge in [-0.3, -0.25) is 14.9 Å². The number of nitrogens with two attached hydrogens (primary N) is 1. The highest BCUT2D eigenvalue weighted by atomic mass is 32.1. The molecule has 1 unspecified atom stereocenters. The van der Waals surface area contributed by atoms with Crippen LogP contribution in [0.1, 0.15) is 18.4 Å². The summed E-state index contributed by atoms with van der Waals surface area (Å²) in [6, 6.07) is 3.36. The van der Waals surface area contributed by atoms with Gasteiger partial charge in [0.15, 0.2) is 0 Å². The largest absolute Gasteiger partial charge is 0.389 e. The molecule has 1 atom stereocenters. The van der Waals surface area contributed by atoms with E-state index in [1.165, 1.54) is 18.2 Å². The molecule has 5 nitrogen and oxygen atoms in total. The van der Waals surface area contributed by atoms with E-state index in [0.717, 1.165) is 0 Å². The minimum atomic E-state index is -0.559. The van der Waals surface area contributed by atoms with Crippen molar-refractivity contribution < 1.29 is 14.0 Å². The topological polar surface area (TPSA) is 84.2 Å². The smallest absolute Gasteiger partial charge is 0.249 e. The van der Waals surface area contributed by atoms with Gasteiger partial charge in [-0.1, -0.05) is 12.2 Å². The Balaban J connectivity index is 2.21. The average molecular weight is 281 g/mol. The summed E-state index contributed by atoms with van der Waals surface area (Å²) in [5.41, 5.74) is 6.32. The lowest BCUT2D eigenvalue weighted by Crippen LogP contribution is -2.47. The summed E-state index contributed by atoms with van der Waals surface area (Å²) in [5, 5.41) is 5.16. The number of halogens is 1. The van der Waals surface area contributed by atoms with E-state index in [9.17, 15) is 14.0 Å². The number of carbonyl (C=O) groups is 2. The highest BCUT2D eigenvalue weighted by Crippen LogP contribution is 2.20. The molecule has 1 aliphatic rings. The molecule has 19 heavy (non-hydrogen) atoms. The van der Waals surface area contributed by atoms with E-state index < -0.39 is 17.8 Å². The minimum Gasteiger partial charge on any atom is -0.389 e. The number of nitrogens with one attached hydrogen (secondary N) is 2. The fourth-order valence-corrected chi connectivity index (χ4v) is 2.03. The predicted octanol–water partition coefficient (Wildman–Crippen LogP) is 0.677. The first-order chi connectivity index (χ1) is 8.97. The van der Waals surface area contributed by atoms with E-state index in [1.807, 2.05) is 0 Å². The molecule has 0 spiro atoms. The fraction of sp³-hybridized carbons (Fsp3) is 0.250. The number of carbonyl (C=O) groups excluding carboxylic acids is 2. The lowest BCUT2D eigenvalue weighted by atomic mass is 10.0. The van der Waals surface area contributed by atoms with Crippen molar-refractivity contribution in [2.24, 2.45) is 5.73 Å². The number of anilines is 1. The van der Waals surface area contributed by atoms with Crippen LogP contribution in [0.2, 0.25) is 0 Å². The van der Waals surface area contributed by atoms with E-state index >= 15 is 0 Å². The zero-order valence-corrected chi connectivity index (χ0v) is 10.7. The molecule has 100 valence electrons. The maximum atomic E-state index is 13.1. The van der Waals surface area contributed by atoms with Crippen molar-refractivity contribution in [2.45, 2.75) is 18.9 Å². The second-order valence-corrected chi connectivity index (χ2v) is 4.64. The van der Waals surface area contributed by atoms with Crippen molar-refractivity contribution in [1.29, 1.82) is 0 Å². The Kier molecular flexibility index (Phi) is 3.75. The molecule has 1 aromatic rings. The summed E-state index contributed by atoms with van der Waals surface area (Å²) in [6.45, 7) is 0. The fourth-order valence-electron chi connectivity index (χ4n) is 1.87. The molecule has 1 aromatic carbocycles. The number of amides is 2. The van der Waals surface area contributed by atoms with Gasteiger partial charge in [0.05, 0.1) is 0 Å². The number of thiocarbonyl (C=S) groups is 1. The van der Waals surface area contributed by atoms with Crippen LogP contribution in [0.5, 0.6) is 0 Å². The first-order valence-corrected chi connectivity index (χ1v) is 6.08. The van der Waals surface area contributed by atoms with Crippen LogP contribution in [-0.4, -0.2) is 22.8 Å². The molecule has 7 heteroatoms. The van der Waals surface area contributed by atoms with Gasteiger partial charge in [0.25, 0.3) is 0 Å². The van der Waals surface area contributed by atoms with Gasteiger partial charge < -0.3 is 11.1 Å². The monoisotopic (exact) mass is 281 g/mol. The minimum absolute atomic E-state index is 0.0364. The van der Waals surface area contributed by atoms with Crippen LogP contribution in [0.15, 0.2) is 18.2 Å². The Morgan fingerprint density at radius 3 is 2.84 bits per heavy atom. The highest BCUT2D eigenvalue weighted by Gasteiger charge is 2.27. The maximum absolute atomic E-state index is 13.1. The van der Waals surface area contributed by atoms with Crippen LogP contribution >= 0.6 is 12.2 Å². The van der Waals surface area contributed by atoms with Gasteiger partial charge in [-0.25, -0.2) is 4.39 Å². The first kappa shape index (κ1) is 13.4. The third-order valence-corrected chi connectivity index (χ3v) is 3.04. The number of rotatable bonds is 3. The van der Waals surface area contributed by atoms with Crippen LogP contribution in [0.25, 0.3) is 0 Å². The Hall–Kier alpha value is -2.02. The van der Waals surface area contributed by atoms with Crippen LogP contribution in [-0.2, 0) is 9.59 Å². The Morgan fingerprint density at radius 1 is 1.47 bits per heavy atom. The second-order valence-electron chi connectivity index (χ2n) is 4.20. The Labute approximate surface area is 114 Å². The van der Waals surface area contributed by atoms with Crippen LogP contribution in [0.3, 0.4) is 0 Å². The lowest BCUT2D eigenvalue weighted by Gasteiger charge is -2.23. The van der Waals surface area contributed by atoms with Gasteiger partial charge >= 0.3 is 0 Å². The maximum Gasteiger partial charge on any atom is 0.249 e. The van der Waals surface area contributed by atoms with Crippen molar-refractivity contribution in [2.75, 3.05) is 5.32 Å². The SMILES string of the molecule is NC(=S)c1cc(F)ccc1NC1CCC(=O)NC1=O. The molecule has 0 radical (unpaired) electrons. The summed E-state index contributed by atoms with van der Waals surface area (Å²) in [4.78, 5) is 22.7. The summed E-state index contributed by atoms with van der Waals surface area (Å²) < 4.78 is 13.1. The predicted molar refractivity (Wildman–Crippen MR) is 72.1 cm³/mol. The van der Waals surface area contributed by atoms with E-state index in [-0.39, 0.29) is 17.3 Å². The zero-order valence-electron chi connectivity index (χ0n) is 9.90. The Bertz CT molecular complexity index is 562. The molecule has 0 aromatic heterocycles. The number of benzene rings is 1. The van der Waals surface area contributed by atoms with Gasteiger partial charge in [0.2, 0.25) is 11.8 Å². The van der Waals surface area contributed by atoms with E-state index in [1.54, 1.807) is 0 Å². The number of hydrogen-bond acceptors (Lipinski definition) is 4. The number of piperidine rings is 1. The molecular formula is C12H12FN3O2S. The molecule has 1 aliphatic heterocycles. The van der Waals surface area contributed by atoms with Crippen molar-refractivity contribution in [3.8, 4) is 0 Å². The summed E-state index contributed by atoms with van der Waals surface area (Å²) in [7, 11) is 0. The number of hydrogen-bond donors (Lipinski definition) is 3. The highest BCUT2D eigenvalue weighted by molar-refractivity contribution is 7.80. The molecule has 0 bridgehead atoms. The molecule has 2 rings (SSSR count). The second kappa shape index (κ2) is 5.31. The van der Waals surface area contributed by atoms with Gasteiger partial charge in [-0.2, -0.15) is 0 Å². The van der Waals surface area contributed by atoms with Crippen molar-refractivity contribution in [3.63, 3.8) is 0 Å². The summed E-state index contributed by atoms with van der Waals surface area (Å²) in [5.74, 6) is -1.16. The molecule has 4 N–H and O–H groups in total. The zero-order chi connectivity index (χ0) is 14.0. The molecule has 0 saturated carbocycles. The van der Waals surface area contributed by atoms with E-state index in [4.69, 9.17) is 18.0 Å². The van der Waals surface area contributed by atoms with Crippen molar-refractivity contribution >= 4 is 34.7 Å². The third kappa shape index (κ3) is 3.05. The van der Waals surface area contributed by atoms with Gasteiger partial charge in [0, 0.05) is 17.7 Å². The number of imide groups is 1. The molecule has 0 aliphatic carbocycles. The molecule has 1 fully saturated rings. The molecular weight excluding hydrogens is 269 g/mol. The van der Waals surface area contributed by atoms with Crippen LogP contribution in [0.4, 0.5) is 10.1 Å². The summed E-state index contributed by atoms with van der Waals surface area (Å²) in [6.07, 6.45) is 0.631. The van der Waals surface area contributed by atoms with Gasteiger partial charge in [-0.05, 0) is 24.6 Å². The standard InChI is InChI=1S/C12H12FN3O2S/c13-6-1-2-8(7(5-6)11(14)19)15-9-3-4-10(17)16-12(9)18/h1-2,5,9,15H,3-4H2,(H2,14,19)(H,16,17,18). The average Bonchev–Trinajstić information content (AvgIpc) is 2.34. The molecule has 2 amide bonds. The third-order valence-electron chi connectivity index (χ3n) is 2.82. The Morgan fingerprint density at radius 2 is 2.21 bits per heavy atom. The van der Waals surface area contributed by atoms with Crippen LogP contribution in [0, 0.1) is 5.82 Å². The van der Waals surface area contributed by atoms with Gasteiger partial charge in [-0.15, -0.1) is 0 Å². The van der Waals surface area contributed by atoms with E-state index in [0.29, 0.717) is 17.7 Å². The van der Waals surface area contributed by atoms with E-state index in [2.05, 4.69) is 10.6 Å². The normalized spacial score (nSPS) is 18.9. The quantitative estimate of drug-likeness (QED) is 0.560. The van der Waals surface area contributed by atoms with Crippen molar-refractivity contribution in [3.05, 3.63) is 29.6 Å². The van der Waals surface area contributed by atoms with Gasteiger partial charge in [0.1, 0.15) is 16.8 Å². The summed E-state index contributed by atoms with van der Waals surface area (Å²) >= 11 is 4.84. The van der Waals surface area contributed by atoms with Crippen molar-refractivity contribution in [1.82, 2.24) is 5.32 Å². The molecule has 1 saturated heterocycles. The lowest BCUT2D eigenvalue weighted by molar-refractivity contribution is -0.133. The van der Waals surface area contributed by atoms with Crippen LogP contribution < -0.4 is 16.4 Å². The molecule has 1 heterocycles.